The molecule has 1 heterocycles. The van der Waals surface area contributed by atoms with E-state index in [1.54, 1.807) is 12.3 Å². The summed E-state index contributed by atoms with van der Waals surface area (Å²) in [4.78, 5) is 0. The van der Waals surface area contributed by atoms with E-state index in [0.717, 1.165) is 11.3 Å². The highest BCUT2D eigenvalue weighted by Crippen LogP contribution is 2.17. The molecule has 0 saturated heterocycles. The van der Waals surface area contributed by atoms with Gasteiger partial charge in [0.25, 0.3) is 0 Å². The Bertz CT molecular complexity index is 461. The second kappa shape index (κ2) is 4.10. The van der Waals surface area contributed by atoms with E-state index < -0.39 is 0 Å². The molecule has 0 saturated carbocycles. The molecule has 3 nitrogen and oxygen atoms in total. The first-order valence-electron chi connectivity index (χ1n) is 4.45. The SMILES string of the molecule is Cc1cccc(F)c1-n1cc(CBr)nn1. The Morgan fingerprint density at radius 2 is 2.27 bits per heavy atom. The fourth-order valence-electron chi connectivity index (χ4n) is 1.38. The Labute approximate surface area is 95.0 Å². The number of halogens is 2. The molecule has 1 aromatic carbocycles. The van der Waals surface area contributed by atoms with Crippen LogP contribution >= 0.6 is 15.9 Å². The van der Waals surface area contributed by atoms with E-state index in [0.29, 0.717) is 11.0 Å². The van der Waals surface area contributed by atoms with Crippen molar-refractivity contribution in [1.82, 2.24) is 15.0 Å². The first-order chi connectivity index (χ1) is 7.22. The fraction of sp³-hybridized carbons (Fsp3) is 0.200. The van der Waals surface area contributed by atoms with Crippen molar-refractivity contribution in [1.29, 1.82) is 0 Å². The third-order valence-electron chi connectivity index (χ3n) is 2.10. The van der Waals surface area contributed by atoms with E-state index in [1.807, 2.05) is 13.0 Å². The van der Waals surface area contributed by atoms with Gasteiger partial charge in [0.15, 0.2) is 0 Å². The van der Waals surface area contributed by atoms with Crippen LogP contribution in [0.5, 0.6) is 0 Å². The number of para-hydroxylation sites is 1. The number of aromatic nitrogens is 3. The summed E-state index contributed by atoms with van der Waals surface area (Å²) >= 11 is 3.27. The molecule has 78 valence electrons. The summed E-state index contributed by atoms with van der Waals surface area (Å²) in [5.41, 5.74) is 2.07. The molecule has 0 fully saturated rings. The molecule has 1 aromatic heterocycles. The predicted molar refractivity (Wildman–Crippen MR) is 58.7 cm³/mol. The largest absolute Gasteiger partial charge is 0.217 e. The van der Waals surface area contributed by atoms with Gasteiger partial charge in [-0.1, -0.05) is 33.3 Å². The lowest BCUT2D eigenvalue weighted by Crippen LogP contribution is -2.01. The number of rotatable bonds is 2. The molecular weight excluding hydrogens is 261 g/mol. The zero-order chi connectivity index (χ0) is 10.8. The highest BCUT2D eigenvalue weighted by molar-refractivity contribution is 9.08. The minimum atomic E-state index is -0.291. The van der Waals surface area contributed by atoms with Gasteiger partial charge in [-0.05, 0) is 18.6 Å². The number of hydrogen-bond acceptors (Lipinski definition) is 2. The van der Waals surface area contributed by atoms with Crippen LogP contribution in [-0.2, 0) is 5.33 Å². The maximum Gasteiger partial charge on any atom is 0.149 e. The van der Waals surface area contributed by atoms with E-state index in [9.17, 15) is 4.39 Å². The van der Waals surface area contributed by atoms with Crippen LogP contribution in [0.2, 0.25) is 0 Å². The molecule has 0 N–H and O–H groups in total. The van der Waals surface area contributed by atoms with Crippen molar-refractivity contribution in [3.63, 3.8) is 0 Å². The molecule has 0 bridgehead atoms. The topological polar surface area (TPSA) is 30.7 Å². The Morgan fingerprint density at radius 3 is 2.87 bits per heavy atom. The van der Waals surface area contributed by atoms with Gasteiger partial charge in [0.05, 0.1) is 11.9 Å². The molecule has 0 spiro atoms. The number of nitrogens with zero attached hydrogens (tertiary/aromatic N) is 3. The van der Waals surface area contributed by atoms with Gasteiger partial charge in [-0.2, -0.15) is 0 Å². The number of aryl methyl sites for hydroxylation is 1. The highest BCUT2D eigenvalue weighted by Gasteiger charge is 2.09. The van der Waals surface area contributed by atoms with E-state index in [-0.39, 0.29) is 5.82 Å². The van der Waals surface area contributed by atoms with Gasteiger partial charge in [0, 0.05) is 5.33 Å². The van der Waals surface area contributed by atoms with E-state index in [2.05, 4.69) is 26.2 Å². The lowest BCUT2D eigenvalue weighted by Gasteiger charge is -2.05. The lowest BCUT2D eigenvalue weighted by molar-refractivity contribution is 0.605. The molecule has 0 aliphatic rings. The van der Waals surface area contributed by atoms with Gasteiger partial charge in [0.1, 0.15) is 11.5 Å². The standard InChI is InChI=1S/C10H9BrFN3/c1-7-3-2-4-9(12)10(7)15-6-8(5-11)13-14-15/h2-4,6H,5H2,1H3. The molecule has 2 aromatic rings. The number of alkyl halides is 1. The number of hydrogen-bond donors (Lipinski definition) is 0. The van der Waals surface area contributed by atoms with Gasteiger partial charge in [0.2, 0.25) is 0 Å². The summed E-state index contributed by atoms with van der Waals surface area (Å²) in [5.74, 6) is -0.291. The van der Waals surface area contributed by atoms with Crippen molar-refractivity contribution in [3.8, 4) is 5.69 Å². The van der Waals surface area contributed by atoms with Crippen molar-refractivity contribution >= 4 is 15.9 Å². The molecule has 15 heavy (non-hydrogen) atoms. The molecular formula is C10H9BrFN3. The van der Waals surface area contributed by atoms with E-state index in [4.69, 9.17) is 0 Å². The monoisotopic (exact) mass is 269 g/mol. The van der Waals surface area contributed by atoms with Crippen LogP contribution in [0.4, 0.5) is 4.39 Å². The normalized spacial score (nSPS) is 10.6. The third-order valence-corrected chi connectivity index (χ3v) is 2.67. The van der Waals surface area contributed by atoms with Crippen LogP contribution in [0.1, 0.15) is 11.3 Å². The van der Waals surface area contributed by atoms with Crippen LogP contribution in [-0.4, -0.2) is 15.0 Å². The molecule has 2 rings (SSSR count). The summed E-state index contributed by atoms with van der Waals surface area (Å²) in [6.07, 6.45) is 1.71. The predicted octanol–water partition coefficient (Wildman–Crippen LogP) is 2.61. The summed E-state index contributed by atoms with van der Waals surface area (Å²) < 4.78 is 15.0. The summed E-state index contributed by atoms with van der Waals surface area (Å²) in [6.45, 7) is 1.84. The molecule has 0 radical (unpaired) electrons. The van der Waals surface area contributed by atoms with Crippen molar-refractivity contribution in [2.45, 2.75) is 12.3 Å². The van der Waals surface area contributed by atoms with Crippen molar-refractivity contribution in [3.05, 3.63) is 41.5 Å². The second-order valence-corrected chi connectivity index (χ2v) is 3.75. The van der Waals surface area contributed by atoms with Crippen LogP contribution < -0.4 is 0 Å². The fourth-order valence-corrected chi connectivity index (χ4v) is 1.64. The van der Waals surface area contributed by atoms with Gasteiger partial charge in [-0.3, -0.25) is 0 Å². The quantitative estimate of drug-likeness (QED) is 0.785. The van der Waals surface area contributed by atoms with Crippen LogP contribution in [0.3, 0.4) is 0 Å². The van der Waals surface area contributed by atoms with Crippen molar-refractivity contribution < 1.29 is 4.39 Å². The smallest absolute Gasteiger partial charge is 0.149 e. The Hall–Kier alpha value is -1.23. The highest BCUT2D eigenvalue weighted by atomic mass is 79.9. The first kappa shape index (κ1) is 10.3. The molecule has 0 aliphatic carbocycles. The van der Waals surface area contributed by atoms with Crippen LogP contribution in [0.15, 0.2) is 24.4 Å². The zero-order valence-corrected chi connectivity index (χ0v) is 9.70. The van der Waals surface area contributed by atoms with Gasteiger partial charge >= 0.3 is 0 Å². The molecule has 0 unspecified atom stereocenters. The lowest BCUT2D eigenvalue weighted by atomic mass is 10.2. The van der Waals surface area contributed by atoms with Gasteiger partial charge < -0.3 is 0 Å². The molecule has 0 aliphatic heterocycles. The first-order valence-corrected chi connectivity index (χ1v) is 5.57. The Balaban J connectivity index is 2.53. The number of benzene rings is 1. The minimum Gasteiger partial charge on any atom is -0.217 e. The Morgan fingerprint density at radius 1 is 1.47 bits per heavy atom. The Kier molecular flexibility index (Phi) is 2.81. The third kappa shape index (κ3) is 1.92. The molecule has 0 atom stereocenters. The van der Waals surface area contributed by atoms with E-state index >= 15 is 0 Å². The van der Waals surface area contributed by atoms with Gasteiger partial charge in [-0.25, -0.2) is 9.07 Å². The summed E-state index contributed by atoms with van der Waals surface area (Å²) in [7, 11) is 0. The van der Waals surface area contributed by atoms with Crippen LogP contribution in [0, 0.1) is 12.7 Å². The average molecular weight is 270 g/mol. The van der Waals surface area contributed by atoms with Crippen molar-refractivity contribution in [2.24, 2.45) is 0 Å². The molecule has 5 heteroatoms. The maximum absolute atomic E-state index is 13.5. The molecule has 0 amide bonds. The minimum absolute atomic E-state index is 0.291. The van der Waals surface area contributed by atoms with Crippen molar-refractivity contribution in [2.75, 3.05) is 0 Å². The zero-order valence-electron chi connectivity index (χ0n) is 8.11. The average Bonchev–Trinajstić information content (AvgIpc) is 2.66. The van der Waals surface area contributed by atoms with Crippen LogP contribution in [0.25, 0.3) is 5.69 Å². The van der Waals surface area contributed by atoms with Gasteiger partial charge in [-0.15, -0.1) is 5.10 Å². The summed E-state index contributed by atoms with van der Waals surface area (Å²) in [5, 5.41) is 8.38. The van der Waals surface area contributed by atoms with E-state index in [1.165, 1.54) is 10.7 Å². The second-order valence-electron chi connectivity index (χ2n) is 3.19. The maximum atomic E-state index is 13.5. The summed E-state index contributed by atoms with van der Waals surface area (Å²) in [6, 6.07) is 4.93.